The van der Waals surface area contributed by atoms with Gasteiger partial charge in [0.15, 0.2) is 0 Å². The molecule has 0 radical (unpaired) electrons. The van der Waals surface area contributed by atoms with Crippen LogP contribution in [0.1, 0.15) is 27.3 Å². The number of nitrogens with zero attached hydrogens (tertiary/aromatic N) is 4. The number of nitrogens with one attached hydrogen (secondary N) is 1. The Hall–Kier alpha value is -3.02. The first-order valence-corrected chi connectivity index (χ1v) is 7.25. The largest absolute Gasteiger partial charge is 0.319 e. The van der Waals surface area contributed by atoms with Crippen molar-refractivity contribution in [2.24, 2.45) is 0 Å². The second kappa shape index (κ2) is 6.00. The summed E-state index contributed by atoms with van der Waals surface area (Å²) < 4.78 is 1.77. The minimum Gasteiger partial charge on any atom is -0.319 e. The number of hydrogen-bond acceptors (Lipinski definition) is 4. The summed E-state index contributed by atoms with van der Waals surface area (Å²) >= 11 is 0. The molecule has 0 atom stereocenters. The highest BCUT2D eigenvalue weighted by atomic mass is 16.1. The van der Waals surface area contributed by atoms with Crippen molar-refractivity contribution in [1.29, 1.82) is 0 Å². The molecule has 0 bridgehead atoms. The molecule has 1 aromatic carbocycles. The summed E-state index contributed by atoms with van der Waals surface area (Å²) in [6.07, 6.45) is 6.65. The number of carbonyl (C=O) groups excluding carboxylic acids is 1. The Kier molecular flexibility index (Phi) is 3.89. The topological polar surface area (TPSA) is 72.7 Å². The van der Waals surface area contributed by atoms with E-state index >= 15 is 0 Å². The van der Waals surface area contributed by atoms with E-state index in [0.29, 0.717) is 17.2 Å². The zero-order chi connectivity index (χ0) is 16.4. The van der Waals surface area contributed by atoms with Crippen LogP contribution in [0.5, 0.6) is 0 Å². The summed E-state index contributed by atoms with van der Waals surface area (Å²) in [7, 11) is 0. The number of benzene rings is 1. The average Bonchev–Trinajstić information content (AvgIpc) is 2.97. The maximum absolute atomic E-state index is 12.3. The molecule has 6 nitrogen and oxygen atoms in total. The summed E-state index contributed by atoms with van der Waals surface area (Å²) in [6, 6.07) is 5.61. The van der Waals surface area contributed by atoms with E-state index < -0.39 is 0 Å². The molecule has 1 amide bonds. The maximum Gasteiger partial charge on any atom is 0.255 e. The molecule has 0 aliphatic carbocycles. The van der Waals surface area contributed by atoms with Crippen LogP contribution in [0.25, 0.3) is 5.95 Å². The normalized spacial score (nSPS) is 10.6. The van der Waals surface area contributed by atoms with Crippen LogP contribution in [-0.4, -0.2) is 25.4 Å². The van der Waals surface area contributed by atoms with Gasteiger partial charge in [-0.15, -0.1) is 0 Å². The lowest BCUT2D eigenvalue weighted by Gasteiger charge is -2.08. The Morgan fingerprint density at radius 1 is 1.04 bits per heavy atom. The van der Waals surface area contributed by atoms with Gasteiger partial charge in [0.25, 0.3) is 5.91 Å². The van der Waals surface area contributed by atoms with E-state index in [9.17, 15) is 4.79 Å². The van der Waals surface area contributed by atoms with Gasteiger partial charge in [0.2, 0.25) is 5.95 Å². The Morgan fingerprint density at radius 2 is 1.78 bits per heavy atom. The van der Waals surface area contributed by atoms with E-state index in [1.807, 2.05) is 39.0 Å². The van der Waals surface area contributed by atoms with Gasteiger partial charge >= 0.3 is 0 Å². The highest BCUT2D eigenvalue weighted by Gasteiger charge is 2.09. The number of hydrogen-bond donors (Lipinski definition) is 1. The number of aromatic nitrogens is 4. The number of imidazole rings is 1. The molecule has 2 heterocycles. The molecule has 0 saturated heterocycles. The van der Waals surface area contributed by atoms with Crippen LogP contribution < -0.4 is 5.32 Å². The molecule has 2 aromatic heterocycles. The standard InChI is InChI=1S/C17H17N5O/c1-11-4-5-14(8-12(11)2)16(23)21-15-9-19-17(20-10-15)22-7-6-18-13(22)3/h4-10H,1-3H3,(H,21,23). The Labute approximate surface area is 134 Å². The predicted octanol–water partition coefficient (Wildman–Crippen LogP) is 2.84. The van der Waals surface area contributed by atoms with Crippen molar-refractivity contribution >= 4 is 11.6 Å². The van der Waals surface area contributed by atoms with Gasteiger partial charge < -0.3 is 5.32 Å². The van der Waals surface area contributed by atoms with E-state index in [0.717, 1.165) is 17.0 Å². The van der Waals surface area contributed by atoms with Crippen molar-refractivity contribution < 1.29 is 4.79 Å². The van der Waals surface area contributed by atoms with Crippen molar-refractivity contribution in [3.05, 3.63) is 65.5 Å². The Balaban J connectivity index is 1.76. The number of amides is 1. The van der Waals surface area contributed by atoms with E-state index in [1.54, 1.807) is 29.4 Å². The smallest absolute Gasteiger partial charge is 0.255 e. The maximum atomic E-state index is 12.3. The second-order valence-corrected chi connectivity index (χ2v) is 5.37. The Morgan fingerprint density at radius 3 is 2.39 bits per heavy atom. The minimum atomic E-state index is -0.178. The zero-order valence-corrected chi connectivity index (χ0v) is 13.2. The van der Waals surface area contributed by atoms with Crippen LogP contribution in [0, 0.1) is 20.8 Å². The van der Waals surface area contributed by atoms with Crippen LogP contribution in [0.15, 0.2) is 43.0 Å². The van der Waals surface area contributed by atoms with E-state index in [-0.39, 0.29) is 5.91 Å². The summed E-state index contributed by atoms with van der Waals surface area (Å²) in [4.78, 5) is 24.9. The van der Waals surface area contributed by atoms with Gasteiger partial charge in [0.05, 0.1) is 18.1 Å². The SMILES string of the molecule is Cc1ccc(C(=O)Nc2cnc(-n3ccnc3C)nc2)cc1C. The highest BCUT2D eigenvalue weighted by Crippen LogP contribution is 2.13. The van der Waals surface area contributed by atoms with Gasteiger partial charge in [-0.05, 0) is 44.0 Å². The second-order valence-electron chi connectivity index (χ2n) is 5.37. The minimum absolute atomic E-state index is 0.178. The number of carbonyl (C=O) groups is 1. The van der Waals surface area contributed by atoms with Crippen molar-refractivity contribution in [3.63, 3.8) is 0 Å². The molecular weight excluding hydrogens is 290 g/mol. The van der Waals surface area contributed by atoms with Crippen molar-refractivity contribution in [3.8, 4) is 5.95 Å². The molecule has 0 spiro atoms. The molecule has 23 heavy (non-hydrogen) atoms. The highest BCUT2D eigenvalue weighted by molar-refractivity contribution is 6.04. The van der Waals surface area contributed by atoms with Gasteiger partial charge in [-0.2, -0.15) is 0 Å². The number of anilines is 1. The molecule has 3 aromatic rings. The molecule has 0 aliphatic heterocycles. The lowest BCUT2D eigenvalue weighted by atomic mass is 10.1. The van der Waals surface area contributed by atoms with Gasteiger partial charge in [0.1, 0.15) is 5.82 Å². The molecule has 6 heteroatoms. The molecule has 3 rings (SSSR count). The van der Waals surface area contributed by atoms with Gasteiger partial charge in [0, 0.05) is 18.0 Å². The van der Waals surface area contributed by atoms with E-state index in [4.69, 9.17) is 0 Å². The zero-order valence-electron chi connectivity index (χ0n) is 13.2. The monoisotopic (exact) mass is 307 g/mol. The van der Waals surface area contributed by atoms with Crippen molar-refractivity contribution in [2.75, 3.05) is 5.32 Å². The third-order valence-electron chi connectivity index (χ3n) is 3.71. The lowest BCUT2D eigenvalue weighted by molar-refractivity contribution is 0.102. The first-order chi connectivity index (χ1) is 11.0. The molecule has 1 N–H and O–H groups in total. The van der Waals surface area contributed by atoms with E-state index in [2.05, 4.69) is 20.3 Å². The molecule has 0 saturated carbocycles. The van der Waals surface area contributed by atoms with Crippen molar-refractivity contribution in [2.45, 2.75) is 20.8 Å². The fraction of sp³-hybridized carbons (Fsp3) is 0.176. The van der Waals surface area contributed by atoms with Crippen LogP contribution in [-0.2, 0) is 0 Å². The van der Waals surface area contributed by atoms with Gasteiger partial charge in [-0.3, -0.25) is 9.36 Å². The summed E-state index contributed by atoms with van der Waals surface area (Å²) in [5.41, 5.74) is 3.40. The van der Waals surface area contributed by atoms with Crippen LogP contribution in [0.2, 0.25) is 0 Å². The van der Waals surface area contributed by atoms with Gasteiger partial charge in [-0.1, -0.05) is 6.07 Å². The number of aryl methyl sites for hydroxylation is 3. The fourth-order valence-electron chi connectivity index (χ4n) is 2.19. The lowest BCUT2D eigenvalue weighted by Crippen LogP contribution is -2.13. The molecule has 116 valence electrons. The Bertz CT molecular complexity index is 852. The molecule has 0 unspecified atom stereocenters. The summed E-state index contributed by atoms with van der Waals surface area (Å²) in [5.74, 6) is 1.14. The summed E-state index contributed by atoms with van der Waals surface area (Å²) in [6.45, 7) is 5.87. The third-order valence-corrected chi connectivity index (χ3v) is 3.71. The third kappa shape index (κ3) is 3.11. The predicted molar refractivity (Wildman–Crippen MR) is 87.8 cm³/mol. The average molecular weight is 307 g/mol. The first kappa shape index (κ1) is 14.9. The fourth-order valence-corrected chi connectivity index (χ4v) is 2.19. The number of rotatable bonds is 3. The molecule has 0 aliphatic rings. The van der Waals surface area contributed by atoms with Crippen LogP contribution in [0.3, 0.4) is 0 Å². The van der Waals surface area contributed by atoms with E-state index in [1.165, 1.54) is 0 Å². The quantitative estimate of drug-likeness (QED) is 0.807. The molecule has 0 fully saturated rings. The summed E-state index contributed by atoms with van der Waals surface area (Å²) in [5, 5.41) is 2.80. The van der Waals surface area contributed by atoms with Gasteiger partial charge in [-0.25, -0.2) is 15.0 Å². The van der Waals surface area contributed by atoms with Crippen molar-refractivity contribution in [1.82, 2.24) is 19.5 Å². The first-order valence-electron chi connectivity index (χ1n) is 7.25. The van der Waals surface area contributed by atoms with Crippen LogP contribution >= 0.6 is 0 Å². The molecular formula is C17H17N5O. The van der Waals surface area contributed by atoms with Crippen LogP contribution in [0.4, 0.5) is 5.69 Å².